The number of ether oxygens (including phenoxy) is 1. The number of nitrogens with zero attached hydrogens (tertiary/aromatic N) is 2. The van der Waals surface area contributed by atoms with Gasteiger partial charge in [0, 0.05) is 24.8 Å². The molecule has 1 aromatic rings. The van der Waals surface area contributed by atoms with Crippen molar-refractivity contribution < 1.29 is 4.74 Å². The third-order valence-electron chi connectivity index (χ3n) is 4.13. The van der Waals surface area contributed by atoms with Gasteiger partial charge in [-0.2, -0.15) is 0 Å². The van der Waals surface area contributed by atoms with Gasteiger partial charge in [-0.25, -0.2) is 4.98 Å². The lowest BCUT2D eigenvalue weighted by Crippen LogP contribution is -2.42. The van der Waals surface area contributed by atoms with Gasteiger partial charge in [-0.15, -0.1) is 0 Å². The molecule has 4 heteroatoms. The average Bonchev–Trinajstić information content (AvgIpc) is 2.52. The molecule has 1 saturated carbocycles. The average molecular weight is 291 g/mol. The molecule has 118 valence electrons. The second-order valence-corrected chi connectivity index (χ2v) is 5.94. The Morgan fingerprint density at radius 1 is 1.24 bits per heavy atom. The van der Waals surface area contributed by atoms with Crippen molar-refractivity contribution in [3.8, 4) is 5.75 Å². The number of anilines is 1. The summed E-state index contributed by atoms with van der Waals surface area (Å²) in [4.78, 5) is 7.06. The molecule has 21 heavy (non-hydrogen) atoms. The van der Waals surface area contributed by atoms with Crippen molar-refractivity contribution >= 4 is 5.82 Å². The summed E-state index contributed by atoms with van der Waals surface area (Å²) in [6.07, 6.45) is 8.54. The van der Waals surface area contributed by atoms with Crippen LogP contribution in [-0.4, -0.2) is 30.2 Å². The molecule has 2 N–H and O–H groups in total. The van der Waals surface area contributed by atoms with E-state index in [4.69, 9.17) is 10.5 Å². The molecule has 2 rings (SSSR count). The Balaban J connectivity index is 2.17. The molecule has 1 heterocycles. The van der Waals surface area contributed by atoms with Crippen LogP contribution in [0, 0.1) is 0 Å². The van der Waals surface area contributed by atoms with Crippen molar-refractivity contribution in [2.24, 2.45) is 5.73 Å². The van der Waals surface area contributed by atoms with Crippen molar-refractivity contribution in [2.45, 2.75) is 64.5 Å². The lowest BCUT2D eigenvalue weighted by atomic mass is 9.90. The van der Waals surface area contributed by atoms with Crippen LogP contribution in [0.25, 0.3) is 0 Å². The molecule has 1 aliphatic carbocycles. The van der Waals surface area contributed by atoms with E-state index in [2.05, 4.69) is 23.7 Å². The Morgan fingerprint density at radius 2 is 2.00 bits per heavy atom. The Morgan fingerprint density at radius 3 is 2.67 bits per heavy atom. The fourth-order valence-electron chi connectivity index (χ4n) is 3.04. The molecular formula is C17H29N3O. The molecule has 1 fully saturated rings. The molecule has 1 aliphatic rings. The second kappa shape index (κ2) is 8.23. The molecule has 0 radical (unpaired) electrons. The van der Waals surface area contributed by atoms with Gasteiger partial charge in [0.1, 0.15) is 0 Å². The zero-order valence-electron chi connectivity index (χ0n) is 13.4. The van der Waals surface area contributed by atoms with Crippen molar-refractivity contribution in [1.82, 2.24) is 4.98 Å². The molecule has 0 unspecified atom stereocenters. The van der Waals surface area contributed by atoms with Crippen LogP contribution in [0.15, 0.2) is 18.3 Å². The summed E-state index contributed by atoms with van der Waals surface area (Å²) >= 11 is 0. The van der Waals surface area contributed by atoms with E-state index in [0.29, 0.717) is 12.1 Å². The van der Waals surface area contributed by atoms with Crippen LogP contribution in [0.1, 0.15) is 52.4 Å². The van der Waals surface area contributed by atoms with E-state index >= 15 is 0 Å². The van der Waals surface area contributed by atoms with Gasteiger partial charge in [-0.1, -0.05) is 13.8 Å². The second-order valence-electron chi connectivity index (χ2n) is 5.94. The lowest BCUT2D eigenvalue weighted by molar-refractivity contribution is 0.312. The first kappa shape index (κ1) is 16.1. The van der Waals surface area contributed by atoms with Crippen LogP contribution in [0.5, 0.6) is 5.75 Å². The highest BCUT2D eigenvalue weighted by Gasteiger charge is 2.26. The first-order valence-electron chi connectivity index (χ1n) is 8.36. The van der Waals surface area contributed by atoms with E-state index in [1.165, 1.54) is 0 Å². The predicted octanol–water partition coefficient (Wildman–Crippen LogP) is 3.36. The minimum absolute atomic E-state index is 0.379. The molecular weight excluding hydrogens is 262 g/mol. The van der Waals surface area contributed by atoms with Crippen LogP contribution in [0.4, 0.5) is 5.82 Å². The molecule has 0 atom stereocenters. The fraction of sp³-hybridized carbons (Fsp3) is 0.706. The minimum atomic E-state index is 0.379. The van der Waals surface area contributed by atoms with Crippen molar-refractivity contribution in [2.75, 3.05) is 18.1 Å². The fourth-order valence-corrected chi connectivity index (χ4v) is 3.04. The lowest BCUT2D eigenvalue weighted by Gasteiger charge is -2.37. The van der Waals surface area contributed by atoms with Gasteiger partial charge in [0.25, 0.3) is 0 Å². The highest BCUT2D eigenvalue weighted by molar-refractivity contribution is 5.53. The maximum Gasteiger partial charge on any atom is 0.171 e. The van der Waals surface area contributed by atoms with Gasteiger partial charge in [-0.05, 0) is 50.7 Å². The third-order valence-corrected chi connectivity index (χ3v) is 4.13. The number of hydrogen-bond donors (Lipinski definition) is 1. The Hall–Kier alpha value is -1.29. The number of pyridine rings is 1. The van der Waals surface area contributed by atoms with E-state index < -0.39 is 0 Å². The van der Waals surface area contributed by atoms with Crippen LogP contribution in [-0.2, 0) is 0 Å². The molecule has 0 bridgehead atoms. The summed E-state index contributed by atoms with van der Waals surface area (Å²) in [7, 11) is 0. The molecule has 0 amide bonds. The smallest absolute Gasteiger partial charge is 0.171 e. The summed E-state index contributed by atoms with van der Waals surface area (Å²) < 4.78 is 5.90. The largest absolute Gasteiger partial charge is 0.490 e. The molecule has 0 spiro atoms. The van der Waals surface area contributed by atoms with Crippen molar-refractivity contribution in [3.05, 3.63) is 18.3 Å². The van der Waals surface area contributed by atoms with Gasteiger partial charge in [0.15, 0.2) is 11.6 Å². The van der Waals surface area contributed by atoms with E-state index in [0.717, 1.165) is 63.2 Å². The molecule has 0 aliphatic heterocycles. The van der Waals surface area contributed by atoms with Crippen molar-refractivity contribution in [3.63, 3.8) is 0 Å². The summed E-state index contributed by atoms with van der Waals surface area (Å²) in [5, 5.41) is 0. The van der Waals surface area contributed by atoms with Gasteiger partial charge < -0.3 is 15.4 Å². The quantitative estimate of drug-likeness (QED) is 0.837. The summed E-state index contributed by atoms with van der Waals surface area (Å²) in [6.45, 7) is 6.12. The highest BCUT2D eigenvalue weighted by atomic mass is 16.5. The van der Waals surface area contributed by atoms with Crippen molar-refractivity contribution in [1.29, 1.82) is 0 Å². The number of aromatic nitrogens is 1. The Labute approximate surface area is 128 Å². The van der Waals surface area contributed by atoms with E-state index in [1.807, 2.05) is 18.3 Å². The van der Waals surface area contributed by atoms with E-state index in [-0.39, 0.29) is 0 Å². The maximum atomic E-state index is 6.05. The topological polar surface area (TPSA) is 51.4 Å². The van der Waals surface area contributed by atoms with E-state index in [1.54, 1.807) is 0 Å². The zero-order chi connectivity index (χ0) is 15.1. The number of hydrogen-bond acceptors (Lipinski definition) is 4. The third kappa shape index (κ3) is 4.34. The van der Waals surface area contributed by atoms with Crippen LogP contribution >= 0.6 is 0 Å². The van der Waals surface area contributed by atoms with Crippen LogP contribution in [0.3, 0.4) is 0 Å². The standard InChI is InChI=1S/C17H29N3O/c1-3-12-20(15-9-7-14(18)8-10-15)17-16(21-13-4-2)6-5-11-19-17/h5-6,11,14-15H,3-4,7-10,12-13,18H2,1-2H3. The van der Waals surface area contributed by atoms with Gasteiger partial charge in [0.2, 0.25) is 0 Å². The minimum Gasteiger partial charge on any atom is -0.490 e. The number of rotatable bonds is 7. The molecule has 0 aromatic carbocycles. The SMILES string of the molecule is CCCOc1cccnc1N(CCC)C1CCC(N)CC1. The predicted molar refractivity (Wildman–Crippen MR) is 87.9 cm³/mol. The zero-order valence-corrected chi connectivity index (χ0v) is 13.4. The first-order valence-corrected chi connectivity index (χ1v) is 8.36. The van der Waals surface area contributed by atoms with Crippen LogP contribution < -0.4 is 15.4 Å². The summed E-state index contributed by atoms with van der Waals surface area (Å²) in [5.41, 5.74) is 6.05. The maximum absolute atomic E-state index is 6.05. The molecule has 4 nitrogen and oxygen atoms in total. The Kier molecular flexibility index (Phi) is 6.30. The summed E-state index contributed by atoms with van der Waals surface area (Å²) in [6, 6.07) is 4.91. The summed E-state index contributed by atoms with van der Waals surface area (Å²) in [5.74, 6) is 1.93. The Bertz CT molecular complexity index is 416. The molecule has 1 aromatic heterocycles. The van der Waals surface area contributed by atoms with Crippen LogP contribution in [0.2, 0.25) is 0 Å². The highest BCUT2D eigenvalue weighted by Crippen LogP contribution is 2.32. The van der Waals surface area contributed by atoms with Gasteiger partial charge >= 0.3 is 0 Å². The van der Waals surface area contributed by atoms with Gasteiger partial charge in [0.05, 0.1) is 6.61 Å². The normalized spacial score (nSPS) is 22.0. The van der Waals surface area contributed by atoms with E-state index in [9.17, 15) is 0 Å². The van der Waals surface area contributed by atoms with Gasteiger partial charge in [-0.3, -0.25) is 0 Å². The monoisotopic (exact) mass is 291 g/mol. The molecule has 0 saturated heterocycles. The number of nitrogens with two attached hydrogens (primary N) is 1. The first-order chi connectivity index (χ1) is 10.3.